The zero-order chi connectivity index (χ0) is 16.3. The SMILES string of the molecule is CCC1CC(OC(=O)c2ccccc2)C(C(=O)O)C(C)C1C. The third-order valence-electron chi connectivity index (χ3n) is 5.15. The predicted octanol–water partition coefficient (Wildman–Crippen LogP) is 3.61. The van der Waals surface area contributed by atoms with E-state index in [0.717, 1.165) is 6.42 Å². The normalized spacial score (nSPS) is 31.5. The highest BCUT2D eigenvalue weighted by atomic mass is 16.5. The third kappa shape index (κ3) is 3.32. The van der Waals surface area contributed by atoms with Crippen LogP contribution in [0.2, 0.25) is 0 Å². The average molecular weight is 304 g/mol. The first-order valence-electron chi connectivity index (χ1n) is 7.94. The van der Waals surface area contributed by atoms with Gasteiger partial charge in [-0.15, -0.1) is 0 Å². The fourth-order valence-corrected chi connectivity index (χ4v) is 3.58. The molecule has 0 amide bonds. The average Bonchev–Trinajstić information content (AvgIpc) is 2.51. The molecule has 2 rings (SSSR count). The van der Waals surface area contributed by atoms with Gasteiger partial charge in [-0.25, -0.2) is 4.79 Å². The first kappa shape index (κ1) is 16.5. The van der Waals surface area contributed by atoms with E-state index in [2.05, 4.69) is 13.8 Å². The van der Waals surface area contributed by atoms with E-state index in [-0.39, 0.29) is 5.92 Å². The summed E-state index contributed by atoms with van der Waals surface area (Å²) in [7, 11) is 0. The van der Waals surface area contributed by atoms with Crippen LogP contribution in [0.3, 0.4) is 0 Å². The van der Waals surface area contributed by atoms with Crippen molar-refractivity contribution in [2.24, 2.45) is 23.7 Å². The van der Waals surface area contributed by atoms with Crippen molar-refractivity contribution in [2.75, 3.05) is 0 Å². The van der Waals surface area contributed by atoms with Gasteiger partial charge in [0.25, 0.3) is 0 Å². The number of rotatable bonds is 4. The van der Waals surface area contributed by atoms with E-state index in [0.29, 0.717) is 23.8 Å². The fourth-order valence-electron chi connectivity index (χ4n) is 3.58. The van der Waals surface area contributed by atoms with Gasteiger partial charge in [0, 0.05) is 0 Å². The predicted molar refractivity (Wildman–Crippen MR) is 83.5 cm³/mol. The van der Waals surface area contributed by atoms with Crippen molar-refractivity contribution in [3.63, 3.8) is 0 Å². The van der Waals surface area contributed by atoms with Gasteiger partial charge in [-0.2, -0.15) is 0 Å². The summed E-state index contributed by atoms with van der Waals surface area (Å²) in [6.45, 7) is 6.16. The summed E-state index contributed by atoms with van der Waals surface area (Å²) in [5.74, 6) is -1.25. The molecule has 1 fully saturated rings. The minimum Gasteiger partial charge on any atom is -0.481 e. The van der Waals surface area contributed by atoms with Crippen LogP contribution in [0.5, 0.6) is 0 Å². The maximum absolute atomic E-state index is 12.2. The molecule has 1 N–H and O–H groups in total. The zero-order valence-corrected chi connectivity index (χ0v) is 13.4. The number of esters is 1. The van der Waals surface area contributed by atoms with Gasteiger partial charge < -0.3 is 9.84 Å². The number of carbonyl (C=O) groups excluding carboxylic acids is 1. The minimum absolute atomic E-state index is 0.00947. The van der Waals surface area contributed by atoms with Crippen molar-refractivity contribution in [2.45, 2.75) is 39.7 Å². The number of hydrogen-bond donors (Lipinski definition) is 1. The van der Waals surface area contributed by atoms with E-state index in [9.17, 15) is 14.7 Å². The summed E-state index contributed by atoms with van der Waals surface area (Å²) < 4.78 is 5.58. The lowest BCUT2D eigenvalue weighted by Crippen LogP contribution is -2.46. The van der Waals surface area contributed by atoms with Crippen LogP contribution < -0.4 is 0 Å². The molecule has 4 heteroatoms. The molecule has 1 aromatic carbocycles. The molecule has 1 saturated carbocycles. The van der Waals surface area contributed by atoms with Crippen LogP contribution in [0, 0.1) is 23.7 Å². The van der Waals surface area contributed by atoms with Crippen molar-refractivity contribution in [1.82, 2.24) is 0 Å². The van der Waals surface area contributed by atoms with E-state index < -0.39 is 24.0 Å². The molecule has 0 aliphatic heterocycles. The first-order chi connectivity index (χ1) is 10.5. The Morgan fingerprint density at radius 1 is 1.18 bits per heavy atom. The molecule has 0 spiro atoms. The van der Waals surface area contributed by atoms with Gasteiger partial charge in [0.05, 0.1) is 11.5 Å². The number of hydrogen-bond acceptors (Lipinski definition) is 3. The Kier molecular flexibility index (Phi) is 5.22. The summed E-state index contributed by atoms with van der Waals surface area (Å²) >= 11 is 0. The molecule has 1 aliphatic carbocycles. The number of ether oxygens (including phenoxy) is 1. The highest BCUT2D eigenvalue weighted by Gasteiger charge is 2.45. The van der Waals surface area contributed by atoms with Crippen LogP contribution in [0.4, 0.5) is 0 Å². The monoisotopic (exact) mass is 304 g/mol. The van der Waals surface area contributed by atoms with E-state index in [1.807, 2.05) is 13.0 Å². The molecule has 5 atom stereocenters. The molecule has 5 unspecified atom stereocenters. The summed E-state index contributed by atoms with van der Waals surface area (Å²) in [4.78, 5) is 23.9. The van der Waals surface area contributed by atoms with E-state index in [1.54, 1.807) is 24.3 Å². The summed E-state index contributed by atoms with van der Waals surface area (Å²) in [5, 5.41) is 9.55. The molecule has 1 aliphatic rings. The molecule has 0 aromatic heterocycles. The van der Waals surface area contributed by atoms with Crippen LogP contribution in [0.25, 0.3) is 0 Å². The number of aliphatic carboxylic acids is 1. The maximum Gasteiger partial charge on any atom is 0.338 e. The number of carboxylic acid groups (broad SMARTS) is 1. The van der Waals surface area contributed by atoms with Gasteiger partial charge in [0.15, 0.2) is 0 Å². The second kappa shape index (κ2) is 6.95. The molecule has 0 radical (unpaired) electrons. The van der Waals surface area contributed by atoms with Gasteiger partial charge in [-0.05, 0) is 36.3 Å². The molecule has 0 heterocycles. The minimum atomic E-state index is -0.875. The van der Waals surface area contributed by atoms with Crippen molar-refractivity contribution in [3.8, 4) is 0 Å². The molecule has 4 nitrogen and oxygen atoms in total. The maximum atomic E-state index is 12.2. The van der Waals surface area contributed by atoms with Gasteiger partial charge >= 0.3 is 11.9 Å². The second-order valence-electron chi connectivity index (χ2n) is 6.30. The van der Waals surface area contributed by atoms with Crippen molar-refractivity contribution >= 4 is 11.9 Å². The lowest BCUT2D eigenvalue weighted by Gasteiger charge is -2.42. The Morgan fingerprint density at radius 3 is 2.36 bits per heavy atom. The van der Waals surface area contributed by atoms with Gasteiger partial charge in [0.2, 0.25) is 0 Å². The fraction of sp³-hybridized carbons (Fsp3) is 0.556. The molecule has 22 heavy (non-hydrogen) atoms. The summed E-state index contributed by atoms with van der Waals surface area (Å²) in [6.07, 6.45) is 1.04. The Labute approximate surface area is 131 Å². The Hall–Kier alpha value is -1.84. The Bertz CT molecular complexity index is 525. The third-order valence-corrected chi connectivity index (χ3v) is 5.15. The van der Waals surface area contributed by atoms with Crippen LogP contribution in [-0.4, -0.2) is 23.1 Å². The van der Waals surface area contributed by atoms with Gasteiger partial charge in [-0.1, -0.05) is 45.4 Å². The second-order valence-corrected chi connectivity index (χ2v) is 6.30. The van der Waals surface area contributed by atoms with Crippen LogP contribution >= 0.6 is 0 Å². The molecule has 120 valence electrons. The van der Waals surface area contributed by atoms with Crippen molar-refractivity contribution in [1.29, 1.82) is 0 Å². The first-order valence-corrected chi connectivity index (χ1v) is 7.94. The molecule has 0 bridgehead atoms. The van der Waals surface area contributed by atoms with E-state index >= 15 is 0 Å². The Balaban J connectivity index is 2.18. The van der Waals surface area contributed by atoms with Crippen LogP contribution in [-0.2, 0) is 9.53 Å². The standard InChI is InChI=1S/C18H24O4/c1-4-13-10-15(16(17(19)20)12(3)11(13)2)22-18(21)14-8-6-5-7-9-14/h5-9,11-13,15-16H,4,10H2,1-3H3,(H,19,20). The number of carbonyl (C=O) groups is 2. The largest absolute Gasteiger partial charge is 0.481 e. The summed E-state index contributed by atoms with van der Waals surface area (Å²) in [5.41, 5.74) is 0.464. The quantitative estimate of drug-likeness (QED) is 0.863. The van der Waals surface area contributed by atoms with E-state index in [1.165, 1.54) is 0 Å². The van der Waals surface area contributed by atoms with Crippen LogP contribution in [0.15, 0.2) is 30.3 Å². The van der Waals surface area contributed by atoms with Crippen molar-refractivity contribution in [3.05, 3.63) is 35.9 Å². The lowest BCUT2D eigenvalue weighted by molar-refractivity contribution is -0.154. The van der Waals surface area contributed by atoms with Crippen LogP contribution in [0.1, 0.15) is 44.0 Å². The topological polar surface area (TPSA) is 63.6 Å². The Morgan fingerprint density at radius 2 is 1.82 bits per heavy atom. The number of benzene rings is 1. The smallest absolute Gasteiger partial charge is 0.338 e. The van der Waals surface area contributed by atoms with Crippen molar-refractivity contribution < 1.29 is 19.4 Å². The summed E-state index contributed by atoms with van der Waals surface area (Å²) in [6, 6.07) is 8.74. The highest BCUT2D eigenvalue weighted by molar-refractivity contribution is 5.89. The lowest BCUT2D eigenvalue weighted by atomic mass is 9.66. The zero-order valence-electron chi connectivity index (χ0n) is 13.4. The highest BCUT2D eigenvalue weighted by Crippen LogP contribution is 2.41. The van der Waals surface area contributed by atoms with Gasteiger partial charge in [0.1, 0.15) is 6.10 Å². The molecule has 0 saturated heterocycles. The molecule has 1 aromatic rings. The molecular weight excluding hydrogens is 280 g/mol. The molecular formula is C18H24O4. The van der Waals surface area contributed by atoms with E-state index in [4.69, 9.17) is 4.74 Å². The number of carboxylic acids is 1. The van der Waals surface area contributed by atoms with Gasteiger partial charge in [-0.3, -0.25) is 4.79 Å².